The highest BCUT2D eigenvalue weighted by Gasteiger charge is 2.29. The highest BCUT2D eigenvalue weighted by Crippen LogP contribution is 2.30. The summed E-state index contributed by atoms with van der Waals surface area (Å²) in [5.74, 6) is -0.803. The summed E-state index contributed by atoms with van der Waals surface area (Å²) in [5, 5.41) is 4.73. The fourth-order valence-corrected chi connectivity index (χ4v) is 4.52. The summed E-state index contributed by atoms with van der Waals surface area (Å²) < 4.78 is 16.2. The van der Waals surface area contributed by atoms with Crippen molar-refractivity contribution < 1.29 is 9.18 Å². The van der Waals surface area contributed by atoms with Crippen LogP contribution in [-0.4, -0.2) is 55.7 Å². The lowest BCUT2D eigenvalue weighted by Crippen LogP contribution is -2.39. The molecule has 12 heteroatoms. The van der Waals surface area contributed by atoms with Crippen LogP contribution in [0.3, 0.4) is 0 Å². The number of pyridine rings is 1. The third-order valence-corrected chi connectivity index (χ3v) is 6.86. The van der Waals surface area contributed by atoms with E-state index in [4.69, 9.17) is 23.2 Å². The molecule has 1 amide bonds. The zero-order valence-corrected chi connectivity index (χ0v) is 20.1. The Kier molecular flexibility index (Phi) is 6.16. The molecule has 4 heterocycles. The van der Waals surface area contributed by atoms with E-state index >= 15 is 0 Å². The zero-order chi connectivity index (χ0) is 24.7. The number of halogens is 3. The predicted molar refractivity (Wildman–Crippen MR) is 131 cm³/mol. The van der Waals surface area contributed by atoms with Gasteiger partial charge in [-0.05, 0) is 43.2 Å². The average molecular weight is 516 g/mol. The van der Waals surface area contributed by atoms with Crippen LogP contribution in [0.1, 0.15) is 29.2 Å². The van der Waals surface area contributed by atoms with Crippen molar-refractivity contribution in [3.8, 4) is 0 Å². The van der Waals surface area contributed by atoms with E-state index in [-0.39, 0.29) is 28.9 Å². The second-order valence-corrected chi connectivity index (χ2v) is 9.06. The van der Waals surface area contributed by atoms with Gasteiger partial charge in [-0.1, -0.05) is 23.2 Å². The number of benzene rings is 1. The van der Waals surface area contributed by atoms with Gasteiger partial charge in [-0.15, -0.1) is 5.10 Å². The predicted octanol–water partition coefficient (Wildman–Crippen LogP) is 4.21. The quantitative estimate of drug-likeness (QED) is 0.437. The number of nitrogens with zero attached hydrogens (tertiary/aromatic N) is 6. The van der Waals surface area contributed by atoms with Gasteiger partial charge in [0.2, 0.25) is 5.95 Å². The molecule has 0 unspecified atom stereocenters. The van der Waals surface area contributed by atoms with E-state index in [9.17, 15) is 14.0 Å². The standard InChI is InChI=1S/C23H20Cl2FN7O2/c1-31(15-4-5-16(24)17(25)11-15)23-28-18-19(21(34)29-23)33(30-20(18)26)14-6-9-32(10-7-14)22(35)13-3-2-8-27-12-13/h2-5,8,11-12,14H,6-7,9-10H2,1H3,(H,28,29,34). The molecule has 1 fully saturated rings. The van der Waals surface area contributed by atoms with Gasteiger partial charge in [0, 0.05) is 38.2 Å². The van der Waals surface area contributed by atoms with Crippen LogP contribution in [0.2, 0.25) is 10.0 Å². The molecule has 1 aliphatic heterocycles. The maximum Gasteiger partial charge on any atom is 0.278 e. The molecule has 0 bridgehead atoms. The molecule has 1 aliphatic rings. The van der Waals surface area contributed by atoms with Crippen molar-refractivity contribution in [3.63, 3.8) is 0 Å². The number of piperidine rings is 1. The van der Waals surface area contributed by atoms with Crippen LogP contribution in [-0.2, 0) is 0 Å². The molecule has 0 saturated carbocycles. The summed E-state index contributed by atoms with van der Waals surface area (Å²) in [4.78, 5) is 40.0. The van der Waals surface area contributed by atoms with Gasteiger partial charge in [-0.3, -0.25) is 24.2 Å². The summed E-state index contributed by atoms with van der Waals surface area (Å²) in [6, 6.07) is 8.13. The lowest BCUT2D eigenvalue weighted by Gasteiger charge is -2.32. The van der Waals surface area contributed by atoms with Gasteiger partial charge in [-0.25, -0.2) is 4.98 Å². The molecule has 4 aromatic rings. The molecule has 5 rings (SSSR count). The molecule has 0 radical (unpaired) electrons. The Bertz CT molecular complexity index is 1470. The van der Waals surface area contributed by atoms with Crippen LogP contribution in [0.4, 0.5) is 16.0 Å². The molecule has 0 aliphatic carbocycles. The number of nitrogens with one attached hydrogen (secondary N) is 1. The topological polar surface area (TPSA) is 100 Å². The maximum absolute atomic E-state index is 14.9. The lowest BCUT2D eigenvalue weighted by atomic mass is 10.0. The molecule has 1 aromatic carbocycles. The van der Waals surface area contributed by atoms with Gasteiger partial charge in [-0.2, -0.15) is 4.39 Å². The van der Waals surface area contributed by atoms with Gasteiger partial charge in [0.25, 0.3) is 17.4 Å². The molecule has 180 valence electrons. The second kappa shape index (κ2) is 9.27. The van der Waals surface area contributed by atoms with Crippen LogP contribution in [0.25, 0.3) is 11.0 Å². The molecule has 0 atom stereocenters. The van der Waals surface area contributed by atoms with E-state index < -0.39 is 11.5 Å². The minimum atomic E-state index is -0.830. The highest BCUT2D eigenvalue weighted by molar-refractivity contribution is 6.42. The van der Waals surface area contributed by atoms with Gasteiger partial charge in [0.15, 0.2) is 11.0 Å². The Hall–Kier alpha value is -3.50. The van der Waals surface area contributed by atoms with E-state index in [1.165, 1.54) is 10.9 Å². The monoisotopic (exact) mass is 515 g/mol. The number of anilines is 2. The molecule has 3 aromatic heterocycles. The third kappa shape index (κ3) is 4.35. The number of hydrogen-bond acceptors (Lipinski definition) is 6. The van der Waals surface area contributed by atoms with Crippen LogP contribution in [0, 0.1) is 5.95 Å². The van der Waals surface area contributed by atoms with Crippen LogP contribution in [0.5, 0.6) is 0 Å². The normalized spacial score (nSPS) is 14.5. The Morgan fingerprint density at radius 1 is 1.20 bits per heavy atom. The molecule has 1 saturated heterocycles. The summed E-state index contributed by atoms with van der Waals surface area (Å²) in [6.45, 7) is 0.899. The van der Waals surface area contributed by atoms with Crippen LogP contribution in [0.15, 0.2) is 47.5 Å². The number of hydrogen-bond donors (Lipinski definition) is 1. The summed E-state index contributed by atoms with van der Waals surface area (Å²) >= 11 is 12.1. The second-order valence-electron chi connectivity index (χ2n) is 8.24. The van der Waals surface area contributed by atoms with Crippen molar-refractivity contribution >= 4 is 51.8 Å². The lowest BCUT2D eigenvalue weighted by molar-refractivity contribution is 0.0690. The fourth-order valence-electron chi connectivity index (χ4n) is 4.23. The Morgan fingerprint density at radius 2 is 1.97 bits per heavy atom. The van der Waals surface area contributed by atoms with Crippen molar-refractivity contribution in [2.45, 2.75) is 18.9 Å². The van der Waals surface area contributed by atoms with E-state index in [1.54, 1.807) is 53.4 Å². The largest absolute Gasteiger partial charge is 0.338 e. The number of carbonyl (C=O) groups excluding carboxylic acids is 1. The van der Waals surface area contributed by atoms with E-state index in [0.717, 1.165) is 0 Å². The summed E-state index contributed by atoms with van der Waals surface area (Å²) in [7, 11) is 1.67. The molecular weight excluding hydrogens is 496 g/mol. The van der Waals surface area contributed by atoms with Crippen molar-refractivity contribution in [2.24, 2.45) is 0 Å². The number of likely N-dealkylation sites (tertiary alicyclic amines) is 1. The minimum absolute atomic E-state index is 0.0609. The average Bonchev–Trinajstić information content (AvgIpc) is 3.22. The minimum Gasteiger partial charge on any atom is -0.338 e. The van der Waals surface area contributed by atoms with Crippen molar-refractivity contribution in [2.75, 3.05) is 25.0 Å². The molecule has 0 spiro atoms. The number of carbonyl (C=O) groups is 1. The first-order chi connectivity index (χ1) is 16.8. The first kappa shape index (κ1) is 23.3. The first-order valence-electron chi connectivity index (χ1n) is 10.9. The SMILES string of the molecule is CN(c1ccc(Cl)c(Cl)c1)c1nc2c(F)nn(C3CCN(C(=O)c4cccnc4)CC3)c2c(=O)[nH]1. The summed E-state index contributed by atoms with van der Waals surface area (Å²) in [6.07, 6.45) is 4.18. The highest BCUT2D eigenvalue weighted by atomic mass is 35.5. The first-order valence-corrected chi connectivity index (χ1v) is 11.6. The number of rotatable bonds is 4. The maximum atomic E-state index is 14.9. The Balaban J connectivity index is 1.40. The molecule has 9 nitrogen and oxygen atoms in total. The Morgan fingerprint density at radius 3 is 2.66 bits per heavy atom. The van der Waals surface area contributed by atoms with Gasteiger partial charge >= 0.3 is 0 Å². The number of amides is 1. The third-order valence-electron chi connectivity index (χ3n) is 6.12. The number of fused-ring (bicyclic) bond motifs is 1. The number of aromatic nitrogens is 5. The van der Waals surface area contributed by atoms with Gasteiger partial charge in [0.1, 0.15) is 0 Å². The zero-order valence-electron chi connectivity index (χ0n) is 18.6. The molecule has 35 heavy (non-hydrogen) atoms. The van der Waals surface area contributed by atoms with E-state index in [1.807, 2.05) is 0 Å². The van der Waals surface area contributed by atoms with E-state index in [0.29, 0.717) is 47.2 Å². The van der Waals surface area contributed by atoms with Crippen molar-refractivity contribution in [1.82, 2.24) is 29.6 Å². The summed E-state index contributed by atoms with van der Waals surface area (Å²) in [5.41, 5.74) is 0.554. The van der Waals surface area contributed by atoms with Gasteiger partial charge in [0.05, 0.1) is 21.7 Å². The van der Waals surface area contributed by atoms with E-state index in [2.05, 4.69) is 20.1 Å². The Labute approximate surface area is 209 Å². The number of H-pyrrole nitrogens is 1. The van der Waals surface area contributed by atoms with Crippen molar-refractivity contribution in [3.05, 3.63) is 74.6 Å². The fraction of sp³-hybridized carbons (Fsp3) is 0.261. The molecule has 1 N–H and O–H groups in total. The van der Waals surface area contributed by atoms with Gasteiger partial charge < -0.3 is 9.80 Å². The smallest absolute Gasteiger partial charge is 0.278 e. The molecular formula is C23H20Cl2FN7O2. The van der Waals surface area contributed by atoms with Crippen molar-refractivity contribution in [1.29, 1.82) is 0 Å². The van der Waals surface area contributed by atoms with Crippen LogP contribution < -0.4 is 10.5 Å². The van der Waals surface area contributed by atoms with Crippen LogP contribution >= 0.6 is 23.2 Å². The number of aromatic amines is 1.